The van der Waals surface area contributed by atoms with Crippen LogP contribution >= 0.6 is 0 Å². The van der Waals surface area contributed by atoms with Gasteiger partial charge in [0.2, 0.25) is 0 Å². The van der Waals surface area contributed by atoms with Crippen molar-refractivity contribution in [2.45, 2.75) is 77.7 Å². The van der Waals surface area contributed by atoms with Crippen LogP contribution in [0.1, 0.15) is 81.0 Å². The third kappa shape index (κ3) is 4.83. The van der Waals surface area contributed by atoms with Crippen molar-refractivity contribution in [2.24, 2.45) is 0 Å². The van der Waals surface area contributed by atoms with Crippen molar-refractivity contribution in [1.29, 1.82) is 0 Å². The molecular weight excluding hydrogens is 324 g/mol. The van der Waals surface area contributed by atoms with E-state index >= 15 is 0 Å². The van der Waals surface area contributed by atoms with E-state index in [1.54, 1.807) is 5.57 Å². The molecule has 0 aromatic carbocycles. The Morgan fingerprint density at radius 2 is 2.15 bits per heavy atom. The highest BCUT2D eigenvalue weighted by Gasteiger charge is 2.27. The number of hydrogen-bond acceptors (Lipinski definition) is 4. The first-order valence-corrected chi connectivity index (χ1v) is 10.3. The van der Waals surface area contributed by atoms with Gasteiger partial charge in [-0.1, -0.05) is 18.6 Å². The van der Waals surface area contributed by atoms with Crippen molar-refractivity contribution in [3.8, 4) is 0 Å². The van der Waals surface area contributed by atoms with Gasteiger partial charge in [0, 0.05) is 25.2 Å². The van der Waals surface area contributed by atoms with Crippen molar-refractivity contribution in [3.63, 3.8) is 0 Å². The number of allylic oxidation sites excluding steroid dienone is 1. The van der Waals surface area contributed by atoms with E-state index < -0.39 is 0 Å². The molecule has 1 aliphatic heterocycles. The molecule has 3 rings (SSSR count). The van der Waals surface area contributed by atoms with Gasteiger partial charge < -0.3 is 10.2 Å². The molecule has 0 saturated carbocycles. The Kier molecular flexibility index (Phi) is 6.64. The lowest BCUT2D eigenvalue weighted by Gasteiger charge is -2.35. The number of anilines is 1. The second-order valence-electron chi connectivity index (χ2n) is 7.53. The van der Waals surface area contributed by atoms with Crippen LogP contribution in [0, 0.1) is 6.92 Å². The van der Waals surface area contributed by atoms with Crippen molar-refractivity contribution >= 4 is 11.7 Å². The van der Waals surface area contributed by atoms with E-state index in [1.807, 2.05) is 17.9 Å². The molecule has 0 bridgehead atoms. The maximum atomic E-state index is 13.0. The molecule has 2 heterocycles. The average Bonchev–Trinajstić information content (AvgIpc) is 2.68. The molecule has 1 saturated heterocycles. The van der Waals surface area contributed by atoms with Crippen LogP contribution in [0.3, 0.4) is 0 Å². The smallest absolute Gasteiger partial charge is 0.272 e. The molecule has 5 nitrogen and oxygen atoms in total. The fourth-order valence-corrected chi connectivity index (χ4v) is 4.09. The number of carbonyl (C=O) groups is 1. The van der Waals surface area contributed by atoms with Crippen LogP contribution in [0.15, 0.2) is 17.7 Å². The van der Waals surface area contributed by atoms with Gasteiger partial charge in [-0.2, -0.15) is 0 Å². The summed E-state index contributed by atoms with van der Waals surface area (Å²) < 4.78 is 0. The number of carbonyl (C=O) groups excluding carboxylic acids is 1. The minimum absolute atomic E-state index is 0.0556. The summed E-state index contributed by atoms with van der Waals surface area (Å²) in [5, 5.41) is 3.39. The van der Waals surface area contributed by atoms with E-state index in [9.17, 15) is 4.79 Å². The molecule has 2 aliphatic rings. The predicted molar refractivity (Wildman–Crippen MR) is 105 cm³/mol. The zero-order valence-corrected chi connectivity index (χ0v) is 16.3. The van der Waals surface area contributed by atoms with Gasteiger partial charge in [0.05, 0.1) is 0 Å². The maximum absolute atomic E-state index is 13.0. The molecule has 1 N–H and O–H groups in total. The van der Waals surface area contributed by atoms with Crippen molar-refractivity contribution in [1.82, 2.24) is 14.9 Å². The number of amides is 1. The van der Waals surface area contributed by atoms with Crippen LogP contribution in [-0.2, 0) is 0 Å². The molecule has 0 spiro atoms. The highest BCUT2D eigenvalue weighted by Crippen LogP contribution is 2.23. The summed E-state index contributed by atoms with van der Waals surface area (Å²) in [7, 11) is 0. The van der Waals surface area contributed by atoms with E-state index in [0.717, 1.165) is 44.6 Å². The molecule has 0 radical (unpaired) electrons. The van der Waals surface area contributed by atoms with E-state index in [4.69, 9.17) is 0 Å². The number of nitrogens with zero attached hydrogens (tertiary/aromatic N) is 3. The third-order valence-electron chi connectivity index (χ3n) is 5.55. The van der Waals surface area contributed by atoms with E-state index in [0.29, 0.717) is 17.6 Å². The number of rotatable bonds is 6. The zero-order valence-electron chi connectivity index (χ0n) is 16.3. The van der Waals surface area contributed by atoms with Gasteiger partial charge in [-0.05, 0) is 64.7 Å². The van der Waals surface area contributed by atoms with Gasteiger partial charge in [-0.15, -0.1) is 0 Å². The summed E-state index contributed by atoms with van der Waals surface area (Å²) in [6.07, 6.45) is 12.9. The number of hydrogen-bond donors (Lipinski definition) is 1. The number of piperidine rings is 1. The van der Waals surface area contributed by atoms with Crippen LogP contribution < -0.4 is 5.32 Å². The Labute approximate surface area is 157 Å². The molecule has 1 atom stereocenters. The lowest BCUT2D eigenvalue weighted by atomic mass is 9.97. The second kappa shape index (κ2) is 9.15. The molecule has 142 valence electrons. The number of nitrogens with one attached hydrogen (secondary N) is 1. The average molecular weight is 357 g/mol. The summed E-state index contributed by atoms with van der Waals surface area (Å²) in [6.45, 7) is 5.72. The second-order valence-corrected chi connectivity index (χ2v) is 7.53. The topological polar surface area (TPSA) is 58.1 Å². The van der Waals surface area contributed by atoms with Crippen LogP contribution in [-0.4, -0.2) is 39.9 Å². The Balaban J connectivity index is 1.64. The number of aryl methyl sites for hydroxylation is 1. The molecule has 1 fully saturated rings. The molecule has 1 unspecified atom stereocenters. The monoisotopic (exact) mass is 356 g/mol. The van der Waals surface area contributed by atoms with Crippen molar-refractivity contribution in [3.05, 3.63) is 29.2 Å². The lowest BCUT2D eigenvalue weighted by molar-refractivity contribution is 0.0601. The largest absolute Gasteiger partial charge is 0.370 e. The molecule has 26 heavy (non-hydrogen) atoms. The fourth-order valence-electron chi connectivity index (χ4n) is 4.09. The predicted octanol–water partition coefficient (Wildman–Crippen LogP) is 4.49. The molecular formula is C21H32N4O. The van der Waals surface area contributed by atoms with Crippen LogP contribution in [0.2, 0.25) is 0 Å². The van der Waals surface area contributed by atoms with Gasteiger partial charge in [0.25, 0.3) is 5.91 Å². The zero-order chi connectivity index (χ0) is 18.4. The quantitative estimate of drug-likeness (QED) is 0.763. The van der Waals surface area contributed by atoms with Gasteiger partial charge in [0.15, 0.2) is 0 Å². The lowest BCUT2D eigenvalue weighted by Crippen LogP contribution is -2.43. The van der Waals surface area contributed by atoms with Gasteiger partial charge in [0.1, 0.15) is 17.3 Å². The minimum Gasteiger partial charge on any atom is -0.370 e. The first kappa shape index (κ1) is 18.9. The normalized spacial score (nSPS) is 20.6. The molecule has 5 heteroatoms. The summed E-state index contributed by atoms with van der Waals surface area (Å²) in [5.74, 6) is 1.47. The highest BCUT2D eigenvalue weighted by atomic mass is 16.2. The molecule has 1 aliphatic carbocycles. The maximum Gasteiger partial charge on any atom is 0.272 e. The van der Waals surface area contributed by atoms with E-state index in [-0.39, 0.29) is 5.91 Å². The van der Waals surface area contributed by atoms with Gasteiger partial charge in [-0.25, -0.2) is 9.97 Å². The Morgan fingerprint density at radius 3 is 2.92 bits per heavy atom. The van der Waals surface area contributed by atoms with Crippen molar-refractivity contribution < 1.29 is 4.79 Å². The minimum atomic E-state index is 0.0556. The summed E-state index contributed by atoms with van der Waals surface area (Å²) in [4.78, 5) is 23.9. The Morgan fingerprint density at radius 1 is 1.27 bits per heavy atom. The van der Waals surface area contributed by atoms with Gasteiger partial charge >= 0.3 is 0 Å². The summed E-state index contributed by atoms with van der Waals surface area (Å²) in [6, 6.07) is 2.17. The Bertz CT molecular complexity index is 655. The number of likely N-dealkylation sites (tertiary alicyclic amines) is 1. The first-order valence-electron chi connectivity index (χ1n) is 10.3. The van der Waals surface area contributed by atoms with Gasteiger partial charge in [-0.3, -0.25) is 4.79 Å². The third-order valence-corrected chi connectivity index (χ3v) is 5.55. The van der Waals surface area contributed by atoms with Crippen LogP contribution in [0.5, 0.6) is 0 Å². The van der Waals surface area contributed by atoms with Crippen molar-refractivity contribution in [2.75, 3.05) is 18.4 Å². The Hall–Kier alpha value is -1.91. The first-order chi connectivity index (χ1) is 12.7. The SMILES string of the molecule is CCC1CCCCN1C(=O)c1cc(NCCC2=CCCCC2)nc(C)n1. The van der Waals surface area contributed by atoms with E-state index in [1.165, 1.54) is 32.1 Å². The molecule has 1 aromatic rings. The highest BCUT2D eigenvalue weighted by molar-refractivity contribution is 5.93. The standard InChI is InChI=1S/C21H32N4O/c1-3-18-11-7-8-14-25(18)21(26)19-15-20(24-16(2)23-19)22-13-12-17-9-5-4-6-10-17/h9,15,18H,3-8,10-14H2,1-2H3,(H,22,23,24). The van der Waals surface area contributed by atoms with E-state index in [2.05, 4.69) is 28.3 Å². The fraction of sp³-hybridized carbons (Fsp3) is 0.667. The number of aromatic nitrogens is 2. The summed E-state index contributed by atoms with van der Waals surface area (Å²) >= 11 is 0. The molecule has 1 amide bonds. The summed E-state index contributed by atoms with van der Waals surface area (Å²) in [5.41, 5.74) is 2.07. The molecule has 1 aromatic heterocycles. The van der Waals surface area contributed by atoms with Crippen LogP contribution in [0.25, 0.3) is 0 Å². The van der Waals surface area contributed by atoms with Crippen LogP contribution in [0.4, 0.5) is 5.82 Å².